The van der Waals surface area contributed by atoms with Crippen LogP contribution in [0.4, 0.5) is 4.79 Å². The summed E-state index contributed by atoms with van der Waals surface area (Å²) in [5.41, 5.74) is 2.03. The molecule has 5 unspecified atom stereocenters. The van der Waals surface area contributed by atoms with Crippen molar-refractivity contribution in [1.29, 1.82) is 0 Å². The second kappa shape index (κ2) is 37.9. The van der Waals surface area contributed by atoms with Crippen molar-refractivity contribution < 1.29 is 95.5 Å². The molecule has 3 aliphatic heterocycles. The highest BCUT2D eigenvalue weighted by Crippen LogP contribution is 2.43. The van der Waals surface area contributed by atoms with Gasteiger partial charge in [0.15, 0.2) is 0 Å². The van der Waals surface area contributed by atoms with Crippen LogP contribution in [0.15, 0.2) is 35.3 Å². The number of aryl methyl sites for hydroxylation is 1. The summed E-state index contributed by atoms with van der Waals surface area (Å²) in [5.74, 6) is -2.46. The number of hydrogen-bond acceptors (Lipinski definition) is 25. The number of carbonyl (C=O) groups is 7. The first kappa shape index (κ1) is 74.4. The molecule has 0 radical (unpaired) electrons. The maximum Gasteiger partial charge on any atom is 0.509 e. The number of ketones is 1. The lowest BCUT2D eigenvalue weighted by molar-refractivity contribution is -0.175. The number of carbonyl (C=O) groups excluding carboxylic acids is 7. The van der Waals surface area contributed by atoms with Crippen LogP contribution in [0.3, 0.4) is 0 Å². The summed E-state index contributed by atoms with van der Waals surface area (Å²) in [7, 11) is 0. The molecule has 4 aromatic rings. The largest absolute Gasteiger partial charge is 0.509 e. The quantitative estimate of drug-likeness (QED) is 0.0247. The van der Waals surface area contributed by atoms with Crippen LogP contribution in [-0.4, -0.2) is 227 Å². The number of phenols is 1. The number of benzene rings is 1. The normalized spacial score (nSPS) is 18.6. The lowest BCUT2D eigenvalue weighted by atomic mass is 9.80. The Hall–Kier alpha value is -7.39. The van der Waals surface area contributed by atoms with Crippen LogP contribution in [0.5, 0.6) is 5.75 Å². The highest BCUT2D eigenvalue weighted by molar-refractivity contribution is 6.03. The zero-order valence-corrected chi connectivity index (χ0v) is 55.7. The molecule has 4 amide bonds. The molecule has 8 rings (SSSR count). The van der Waals surface area contributed by atoms with Gasteiger partial charge in [-0.05, 0) is 67.3 Å². The van der Waals surface area contributed by atoms with E-state index in [4.69, 9.17) is 61.8 Å². The Morgan fingerprint density at radius 1 is 0.771 bits per heavy atom. The first-order chi connectivity index (χ1) is 46.5. The highest BCUT2D eigenvalue weighted by Gasteiger charge is 2.51. The van der Waals surface area contributed by atoms with E-state index >= 15 is 0 Å². The topological polar surface area (TPSA) is 355 Å². The maximum absolute atomic E-state index is 14.1. The number of pyridine rings is 2. The molecule has 30 nitrogen and oxygen atoms in total. The van der Waals surface area contributed by atoms with E-state index in [-0.39, 0.29) is 104 Å². The van der Waals surface area contributed by atoms with Crippen molar-refractivity contribution in [3.63, 3.8) is 0 Å². The average Bonchev–Trinajstić information content (AvgIpc) is 1.47. The Balaban J connectivity index is 0.554. The molecule has 3 aromatic heterocycles. The van der Waals surface area contributed by atoms with Gasteiger partial charge in [-0.3, -0.25) is 33.7 Å². The van der Waals surface area contributed by atoms with Crippen molar-refractivity contribution >= 4 is 52.4 Å². The number of Topliss-reactive ketones (excluding diaryl/α,β-unsaturated/α-hetero) is 1. The number of cyclic esters (lactones) is 1. The smallest absolute Gasteiger partial charge is 0.508 e. The molecule has 1 saturated heterocycles. The molecule has 4 aliphatic rings. The van der Waals surface area contributed by atoms with Gasteiger partial charge in [-0.2, -0.15) is 0 Å². The molecule has 0 bridgehead atoms. The maximum atomic E-state index is 14.1. The molecule has 96 heavy (non-hydrogen) atoms. The fourth-order valence-electron chi connectivity index (χ4n) is 11.8. The van der Waals surface area contributed by atoms with E-state index < -0.39 is 54.4 Å². The van der Waals surface area contributed by atoms with Crippen LogP contribution in [0.2, 0.25) is 0 Å². The van der Waals surface area contributed by atoms with Gasteiger partial charge in [-0.1, -0.05) is 39.8 Å². The van der Waals surface area contributed by atoms with Gasteiger partial charge in [0.05, 0.1) is 153 Å². The number of nitrogens with zero attached hydrogens (tertiary/aromatic N) is 6. The number of likely N-dealkylation sites (tertiary alicyclic amines) is 1. The number of hydrogen-bond donors (Lipinski definition) is 4. The summed E-state index contributed by atoms with van der Waals surface area (Å²) in [6.07, 6.45) is 3.32. The van der Waals surface area contributed by atoms with E-state index in [1.807, 2.05) is 13.1 Å². The highest BCUT2D eigenvalue weighted by atomic mass is 16.7. The Labute approximate surface area is 557 Å². The summed E-state index contributed by atoms with van der Waals surface area (Å²) in [5, 5.41) is 28.1. The fourth-order valence-corrected chi connectivity index (χ4v) is 11.8. The molecule has 5 atom stereocenters. The van der Waals surface area contributed by atoms with Gasteiger partial charge in [0, 0.05) is 73.6 Å². The summed E-state index contributed by atoms with van der Waals surface area (Å²) in [6.45, 7) is 16.1. The molecule has 528 valence electrons. The van der Waals surface area contributed by atoms with Crippen LogP contribution in [-0.2, 0) is 124 Å². The minimum Gasteiger partial charge on any atom is -0.508 e. The number of fused-ring (bicyclic) bond motifs is 5. The fraction of sp³-hybridized carbons (Fsp3) is 0.652. The number of nitrogens with one attached hydrogen (secondary N) is 3. The number of aromatic nitrogens is 5. The second-order valence-electron chi connectivity index (χ2n) is 24.2. The second-order valence-corrected chi connectivity index (χ2v) is 24.2. The minimum absolute atomic E-state index is 0.0288. The van der Waals surface area contributed by atoms with Crippen LogP contribution >= 0.6 is 0 Å². The summed E-state index contributed by atoms with van der Waals surface area (Å²) in [4.78, 5) is 110. The number of ether oxygens (including phenoxy) is 12. The molecule has 6 heterocycles. The van der Waals surface area contributed by atoms with Gasteiger partial charge in [-0.15, -0.1) is 5.10 Å². The third-order valence-corrected chi connectivity index (χ3v) is 17.1. The number of esters is 1. The standard InChI is InChI=1S/C66H93N9O21/c1-6-49-50-32-48(76)10-11-54(50)70-61-51(49)38-74-56(61)33-53-52(63(74)82)39-94-64(83)66(53,7-2)96-65(84)95-40-55(43(3)4)69-59(79)42-93-41-58(78)68-12-14-85-16-18-87-20-22-89-24-26-91-28-29-92-27-25-90-23-21-88-19-17-86-15-13-73-37-47(71-72-73)35-67-34-46-9-8-45(31-57(46)77)36-75-60(80)30-44(5)62(75)81/h10-11,32-33,37,43-46,55,67,76H,6-9,12-31,34-36,38-42H2,1-5H3,(H,68,78)(H,69,79). The number of aromatic hydroxyl groups is 1. The van der Waals surface area contributed by atoms with Crippen molar-refractivity contribution in [2.75, 3.05) is 145 Å². The molecule has 0 spiro atoms. The number of rotatable bonds is 44. The van der Waals surface area contributed by atoms with E-state index in [1.165, 1.54) is 4.90 Å². The molecule has 2 fully saturated rings. The third-order valence-electron chi connectivity index (χ3n) is 17.1. The van der Waals surface area contributed by atoms with E-state index in [0.29, 0.717) is 155 Å². The number of imide groups is 1. The SMILES string of the molecule is CCc1c2c(nc3ccc(O)cc13)-c1cc3c(c(=O)n1C2)COC(=O)C3(CC)OC(=O)OCC(NC(=O)COCC(=O)NCCOCCOCCOCCOCCOCCOCCOCCOCCn1cc(CNCC2CCC(CN3C(=O)CC(C)C3=O)CC2=O)nn1)C(C)C. The third kappa shape index (κ3) is 21.1. The molecular formula is C66H93N9O21. The first-order valence-electron chi connectivity index (χ1n) is 33.2. The Bertz CT molecular complexity index is 3320. The van der Waals surface area contributed by atoms with Crippen molar-refractivity contribution in [2.24, 2.45) is 23.7 Å². The van der Waals surface area contributed by atoms with E-state index in [1.54, 1.807) is 61.2 Å². The summed E-state index contributed by atoms with van der Waals surface area (Å²) in [6, 6.07) is 5.84. The zero-order valence-electron chi connectivity index (χ0n) is 55.7. The van der Waals surface area contributed by atoms with Crippen LogP contribution in [0, 0.1) is 23.7 Å². The number of phenolic OH excluding ortho intramolecular Hbond substituents is 1. The molecular weight excluding hydrogens is 1250 g/mol. The van der Waals surface area contributed by atoms with E-state index in [2.05, 4.69) is 26.3 Å². The van der Waals surface area contributed by atoms with Crippen LogP contribution < -0.4 is 21.5 Å². The van der Waals surface area contributed by atoms with Crippen molar-refractivity contribution in [3.8, 4) is 17.1 Å². The molecule has 4 N–H and O–H groups in total. The molecule has 1 aromatic carbocycles. The Morgan fingerprint density at radius 3 is 2.01 bits per heavy atom. The average molecular weight is 1350 g/mol. The number of amides is 4. The van der Waals surface area contributed by atoms with Gasteiger partial charge >= 0.3 is 12.1 Å². The van der Waals surface area contributed by atoms with Gasteiger partial charge < -0.3 is 82.5 Å². The predicted octanol–water partition coefficient (Wildman–Crippen LogP) is 2.68. The molecule has 1 aliphatic carbocycles. The van der Waals surface area contributed by atoms with E-state index in [9.17, 15) is 43.5 Å². The van der Waals surface area contributed by atoms with Crippen molar-refractivity contribution in [3.05, 3.63) is 68.8 Å². The molecule has 1 saturated carbocycles. The van der Waals surface area contributed by atoms with Gasteiger partial charge in [0.25, 0.3) is 5.56 Å². The van der Waals surface area contributed by atoms with Gasteiger partial charge in [0.2, 0.25) is 29.2 Å². The summed E-state index contributed by atoms with van der Waals surface area (Å²) < 4.78 is 69.8. The molecule has 30 heteroatoms. The van der Waals surface area contributed by atoms with Gasteiger partial charge in [0.1, 0.15) is 38.0 Å². The Kier molecular flexibility index (Phi) is 29.4. The van der Waals surface area contributed by atoms with Gasteiger partial charge in [-0.25, -0.2) is 19.3 Å². The monoisotopic (exact) mass is 1350 g/mol. The zero-order chi connectivity index (χ0) is 68.4. The van der Waals surface area contributed by atoms with Crippen molar-refractivity contribution in [1.82, 2.24) is 45.4 Å². The lowest BCUT2D eigenvalue weighted by Gasteiger charge is -2.35. The van der Waals surface area contributed by atoms with Crippen LogP contribution in [0.1, 0.15) is 94.7 Å². The first-order valence-corrected chi connectivity index (χ1v) is 33.2. The summed E-state index contributed by atoms with van der Waals surface area (Å²) >= 11 is 0. The van der Waals surface area contributed by atoms with Crippen LogP contribution in [0.25, 0.3) is 22.3 Å². The lowest BCUT2D eigenvalue weighted by Crippen LogP contribution is -2.48. The minimum atomic E-state index is -2.02. The Morgan fingerprint density at radius 2 is 1.41 bits per heavy atom. The van der Waals surface area contributed by atoms with E-state index in [0.717, 1.165) is 35.0 Å². The predicted molar refractivity (Wildman–Crippen MR) is 341 cm³/mol. The van der Waals surface area contributed by atoms with Crippen molar-refractivity contribution in [2.45, 2.75) is 111 Å².